The van der Waals surface area contributed by atoms with Gasteiger partial charge in [0.1, 0.15) is 6.61 Å². The fourth-order valence-corrected chi connectivity index (χ4v) is 6.05. The highest BCUT2D eigenvalue weighted by Gasteiger charge is 2.32. The van der Waals surface area contributed by atoms with E-state index in [1.54, 1.807) is 0 Å². The Balaban J connectivity index is 1.55. The molecule has 0 saturated heterocycles. The van der Waals surface area contributed by atoms with Gasteiger partial charge in [0.15, 0.2) is 0 Å². The quantitative estimate of drug-likeness (QED) is 0.207. The third kappa shape index (κ3) is 7.59. The molecule has 0 spiro atoms. The third-order valence-corrected chi connectivity index (χ3v) is 8.19. The molecule has 11 heteroatoms. The molecule has 40 heavy (non-hydrogen) atoms. The van der Waals surface area contributed by atoms with Crippen LogP contribution in [0, 0.1) is 5.92 Å². The van der Waals surface area contributed by atoms with Crippen molar-refractivity contribution in [3.63, 3.8) is 0 Å². The first-order valence-electron chi connectivity index (χ1n) is 13.0. The molecular weight excluding hydrogens is 532 g/mol. The number of hydrogen-bond acceptors (Lipinski definition) is 6. The third-order valence-electron chi connectivity index (χ3n) is 6.36. The number of benzene rings is 3. The molecule has 3 aromatic carbocycles. The molecule has 0 saturated carbocycles. The number of sulfonamides is 1. The van der Waals surface area contributed by atoms with E-state index in [1.165, 1.54) is 22.5 Å². The zero-order valence-corrected chi connectivity index (χ0v) is 23.2. The number of aromatic nitrogens is 2. The summed E-state index contributed by atoms with van der Waals surface area (Å²) in [4.78, 5) is 29.5. The molecule has 10 nitrogen and oxygen atoms in total. The molecule has 1 amide bonds. The number of H-pyrrole nitrogens is 2. The molecule has 2 atom stereocenters. The first-order chi connectivity index (χ1) is 19.1. The van der Waals surface area contributed by atoms with Crippen LogP contribution >= 0.6 is 0 Å². The second kappa shape index (κ2) is 12.9. The van der Waals surface area contributed by atoms with Crippen molar-refractivity contribution in [1.29, 1.82) is 0 Å². The Hall–Kier alpha value is -3.93. The lowest BCUT2D eigenvalue weighted by Crippen LogP contribution is -2.51. The molecule has 4 rings (SSSR count). The van der Waals surface area contributed by atoms with Gasteiger partial charge in [-0.25, -0.2) is 18.0 Å². The Labute approximate surface area is 233 Å². The number of carbonyl (C=O) groups is 1. The second-order valence-electron chi connectivity index (χ2n) is 10.1. The van der Waals surface area contributed by atoms with Crippen molar-refractivity contribution in [2.24, 2.45) is 5.92 Å². The Bertz CT molecular complexity index is 1570. The Morgan fingerprint density at radius 3 is 2.20 bits per heavy atom. The fourth-order valence-electron chi connectivity index (χ4n) is 4.40. The highest BCUT2D eigenvalue weighted by atomic mass is 32.2. The van der Waals surface area contributed by atoms with Crippen LogP contribution in [0.15, 0.2) is 88.6 Å². The molecule has 2 unspecified atom stereocenters. The standard InChI is InChI=1S/C29H34N4O6S/c1-20(2)17-33(40(37,38)23-13-14-24-25(16-23)31-28(35)30-24)18-27(34)26(15-21-9-5-3-6-10-21)32-29(36)39-19-22-11-7-4-8-12-22/h3-14,16,20,26-27,34H,15,17-19H2,1-2H3,(H,32,36)(H2,30,31,35). The molecule has 0 aliphatic heterocycles. The van der Waals surface area contributed by atoms with Gasteiger partial charge in [0.2, 0.25) is 10.0 Å². The zero-order valence-electron chi connectivity index (χ0n) is 22.4. The minimum Gasteiger partial charge on any atom is -0.445 e. The summed E-state index contributed by atoms with van der Waals surface area (Å²) in [5, 5.41) is 14.1. The van der Waals surface area contributed by atoms with Gasteiger partial charge in [-0.3, -0.25) is 0 Å². The predicted molar refractivity (Wildman–Crippen MR) is 152 cm³/mol. The molecule has 0 bridgehead atoms. The lowest BCUT2D eigenvalue weighted by molar-refractivity contribution is 0.0873. The van der Waals surface area contributed by atoms with Gasteiger partial charge in [0.25, 0.3) is 0 Å². The molecule has 1 heterocycles. The van der Waals surface area contributed by atoms with Crippen LogP contribution in [-0.4, -0.2) is 59.1 Å². The van der Waals surface area contributed by atoms with Crippen LogP contribution in [0.1, 0.15) is 25.0 Å². The molecule has 0 fully saturated rings. The minimum atomic E-state index is -4.06. The summed E-state index contributed by atoms with van der Waals surface area (Å²) in [5.41, 5.74) is 2.08. The van der Waals surface area contributed by atoms with E-state index in [9.17, 15) is 23.1 Å². The van der Waals surface area contributed by atoms with Crippen LogP contribution in [0.2, 0.25) is 0 Å². The van der Waals surface area contributed by atoms with E-state index in [1.807, 2.05) is 74.5 Å². The average molecular weight is 567 g/mol. The number of hydrogen-bond donors (Lipinski definition) is 4. The van der Waals surface area contributed by atoms with Crippen molar-refractivity contribution in [2.45, 2.75) is 43.9 Å². The zero-order chi connectivity index (χ0) is 28.7. The lowest BCUT2D eigenvalue weighted by atomic mass is 10.0. The monoisotopic (exact) mass is 566 g/mol. The Kier molecular flexibility index (Phi) is 9.41. The summed E-state index contributed by atoms with van der Waals surface area (Å²) in [6.07, 6.45) is -1.72. The molecule has 0 radical (unpaired) electrons. The SMILES string of the molecule is CC(C)CN(CC(O)C(Cc1ccccc1)NC(=O)OCc1ccccc1)S(=O)(=O)c1ccc2[nH]c(=O)[nH]c2c1. The van der Waals surface area contributed by atoms with Gasteiger partial charge in [-0.05, 0) is 41.7 Å². The van der Waals surface area contributed by atoms with Crippen molar-refractivity contribution in [1.82, 2.24) is 19.6 Å². The number of carbonyl (C=O) groups excluding carboxylic acids is 1. The van der Waals surface area contributed by atoms with Gasteiger partial charge >= 0.3 is 11.8 Å². The lowest BCUT2D eigenvalue weighted by Gasteiger charge is -2.30. The summed E-state index contributed by atoms with van der Waals surface area (Å²) in [7, 11) is -4.06. The number of imidazole rings is 1. The average Bonchev–Trinajstić information content (AvgIpc) is 3.31. The fraction of sp³-hybridized carbons (Fsp3) is 0.310. The maximum Gasteiger partial charge on any atom is 0.407 e. The molecule has 0 aliphatic carbocycles. The molecular formula is C29H34N4O6S. The van der Waals surface area contributed by atoms with E-state index in [-0.39, 0.29) is 36.9 Å². The van der Waals surface area contributed by atoms with Crippen LogP contribution in [0.4, 0.5) is 4.79 Å². The van der Waals surface area contributed by atoms with Gasteiger partial charge in [-0.1, -0.05) is 74.5 Å². The Morgan fingerprint density at radius 1 is 0.925 bits per heavy atom. The summed E-state index contributed by atoms with van der Waals surface area (Å²) in [5.74, 6) is -0.0471. The largest absolute Gasteiger partial charge is 0.445 e. The Morgan fingerprint density at radius 2 is 1.55 bits per heavy atom. The van der Waals surface area contributed by atoms with Crippen molar-refractivity contribution in [3.8, 4) is 0 Å². The molecule has 212 valence electrons. The van der Waals surface area contributed by atoms with Gasteiger partial charge in [0, 0.05) is 13.1 Å². The van der Waals surface area contributed by atoms with E-state index in [4.69, 9.17) is 4.74 Å². The maximum atomic E-state index is 13.7. The van der Waals surface area contributed by atoms with E-state index in [2.05, 4.69) is 15.3 Å². The maximum absolute atomic E-state index is 13.7. The number of rotatable bonds is 12. The number of nitrogens with one attached hydrogen (secondary N) is 3. The molecule has 4 N–H and O–H groups in total. The van der Waals surface area contributed by atoms with E-state index in [0.717, 1.165) is 11.1 Å². The van der Waals surface area contributed by atoms with Gasteiger partial charge in [-0.15, -0.1) is 0 Å². The van der Waals surface area contributed by atoms with Crippen LogP contribution in [0.5, 0.6) is 0 Å². The number of fused-ring (bicyclic) bond motifs is 1. The number of ether oxygens (including phenoxy) is 1. The van der Waals surface area contributed by atoms with E-state index >= 15 is 0 Å². The highest BCUT2D eigenvalue weighted by molar-refractivity contribution is 7.89. The van der Waals surface area contributed by atoms with Crippen molar-refractivity contribution >= 4 is 27.1 Å². The van der Waals surface area contributed by atoms with E-state index < -0.39 is 34.0 Å². The van der Waals surface area contributed by atoms with Crippen molar-refractivity contribution < 1.29 is 23.1 Å². The number of aliphatic hydroxyl groups excluding tert-OH is 1. The number of aliphatic hydroxyl groups is 1. The predicted octanol–water partition coefficient (Wildman–Crippen LogP) is 3.40. The number of nitrogens with zero attached hydrogens (tertiary/aromatic N) is 1. The van der Waals surface area contributed by atoms with Gasteiger partial charge < -0.3 is 25.1 Å². The molecule has 4 aromatic rings. The topological polar surface area (TPSA) is 145 Å². The van der Waals surface area contributed by atoms with Gasteiger partial charge in [-0.2, -0.15) is 4.31 Å². The smallest absolute Gasteiger partial charge is 0.407 e. The highest BCUT2D eigenvalue weighted by Crippen LogP contribution is 2.22. The van der Waals surface area contributed by atoms with Crippen LogP contribution in [0.3, 0.4) is 0 Å². The van der Waals surface area contributed by atoms with Gasteiger partial charge in [0.05, 0.1) is 28.1 Å². The number of amides is 1. The van der Waals surface area contributed by atoms with Crippen LogP contribution < -0.4 is 11.0 Å². The summed E-state index contributed by atoms with van der Waals surface area (Å²) < 4.78 is 34.0. The first-order valence-corrected chi connectivity index (χ1v) is 14.5. The molecule has 0 aliphatic rings. The second-order valence-corrected chi connectivity index (χ2v) is 12.0. The van der Waals surface area contributed by atoms with Crippen LogP contribution in [-0.2, 0) is 27.8 Å². The summed E-state index contributed by atoms with van der Waals surface area (Å²) >= 11 is 0. The number of alkyl carbamates (subject to hydrolysis) is 1. The number of aromatic amines is 2. The van der Waals surface area contributed by atoms with Crippen LogP contribution in [0.25, 0.3) is 11.0 Å². The minimum absolute atomic E-state index is 0.0158. The van der Waals surface area contributed by atoms with Crippen molar-refractivity contribution in [2.75, 3.05) is 13.1 Å². The summed E-state index contributed by atoms with van der Waals surface area (Å²) in [6.45, 7) is 3.68. The van der Waals surface area contributed by atoms with Crippen molar-refractivity contribution in [3.05, 3.63) is 100 Å². The first kappa shape index (κ1) is 29.1. The summed E-state index contributed by atoms with van der Waals surface area (Å²) in [6, 6.07) is 22.0. The normalized spacial score (nSPS) is 13.4. The van der Waals surface area contributed by atoms with E-state index in [0.29, 0.717) is 11.0 Å². The molecule has 1 aromatic heterocycles.